The molecular formula is C26H32O. The standard InChI is InChI=1S/C26H32O/c1-5-20-8-14-23(15-9-20)24-16-10-21(11-17-24)6-7-22-12-18-25(19-13-22)27-26(2,3)4/h5-9,12-15,18-19,21,24H,1,10-11,16-17H2,2-4H3/b7-6+. The Morgan fingerprint density at radius 1 is 0.852 bits per heavy atom. The summed E-state index contributed by atoms with van der Waals surface area (Å²) in [6.07, 6.45) is 11.7. The molecule has 0 unspecified atom stereocenters. The molecule has 1 heteroatoms. The zero-order valence-electron chi connectivity index (χ0n) is 16.9. The van der Waals surface area contributed by atoms with E-state index in [4.69, 9.17) is 4.74 Å². The van der Waals surface area contributed by atoms with E-state index in [0.29, 0.717) is 11.8 Å². The van der Waals surface area contributed by atoms with E-state index in [1.807, 2.05) is 6.08 Å². The summed E-state index contributed by atoms with van der Waals surface area (Å²) in [5.74, 6) is 2.34. The van der Waals surface area contributed by atoms with Crippen molar-refractivity contribution in [3.8, 4) is 5.75 Å². The van der Waals surface area contributed by atoms with Crippen LogP contribution in [0.2, 0.25) is 0 Å². The van der Waals surface area contributed by atoms with Gasteiger partial charge in [-0.15, -0.1) is 0 Å². The second-order valence-corrected chi connectivity index (χ2v) is 8.63. The summed E-state index contributed by atoms with van der Waals surface area (Å²) in [4.78, 5) is 0. The lowest BCUT2D eigenvalue weighted by atomic mass is 9.78. The van der Waals surface area contributed by atoms with Crippen molar-refractivity contribution in [1.82, 2.24) is 0 Å². The molecule has 0 bridgehead atoms. The normalized spacial score (nSPS) is 20.6. The first kappa shape index (κ1) is 19.5. The lowest BCUT2D eigenvalue weighted by molar-refractivity contribution is 0.131. The van der Waals surface area contributed by atoms with E-state index in [1.165, 1.54) is 42.4 Å². The van der Waals surface area contributed by atoms with Crippen molar-refractivity contribution in [2.45, 2.75) is 58.0 Å². The van der Waals surface area contributed by atoms with Crippen LogP contribution < -0.4 is 4.74 Å². The van der Waals surface area contributed by atoms with Gasteiger partial charge < -0.3 is 4.74 Å². The topological polar surface area (TPSA) is 9.23 Å². The smallest absolute Gasteiger partial charge is 0.120 e. The van der Waals surface area contributed by atoms with Crippen molar-refractivity contribution < 1.29 is 4.74 Å². The van der Waals surface area contributed by atoms with Crippen LogP contribution >= 0.6 is 0 Å². The fraction of sp³-hybridized carbons (Fsp3) is 0.385. The molecule has 2 aromatic rings. The predicted octanol–water partition coefficient (Wildman–Crippen LogP) is 7.49. The number of benzene rings is 2. The molecule has 0 N–H and O–H groups in total. The van der Waals surface area contributed by atoms with Crippen LogP contribution in [-0.2, 0) is 0 Å². The Balaban J connectivity index is 1.51. The van der Waals surface area contributed by atoms with E-state index in [-0.39, 0.29) is 5.60 Å². The maximum absolute atomic E-state index is 5.89. The van der Waals surface area contributed by atoms with Gasteiger partial charge in [0.05, 0.1) is 0 Å². The molecule has 0 saturated heterocycles. The summed E-state index contributed by atoms with van der Waals surface area (Å²) in [6, 6.07) is 17.3. The van der Waals surface area contributed by atoms with Gasteiger partial charge in [-0.25, -0.2) is 0 Å². The highest BCUT2D eigenvalue weighted by Gasteiger charge is 2.20. The Kier molecular flexibility index (Phi) is 6.21. The van der Waals surface area contributed by atoms with Gasteiger partial charge in [0.1, 0.15) is 11.4 Å². The lowest BCUT2D eigenvalue weighted by Gasteiger charge is -2.27. The number of hydrogen-bond donors (Lipinski definition) is 0. The van der Waals surface area contributed by atoms with E-state index in [0.717, 1.165) is 5.75 Å². The van der Waals surface area contributed by atoms with E-state index < -0.39 is 0 Å². The summed E-state index contributed by atoms with van der Waals surface area (Å²) in [6.45, 7) is 10.1. The molecule has 0 amide bonds. The zero-order valence-corrected chi connectivity index (χ0v) is 16.9. The van der Waals surface area contributed by atoms with Gasteiger partial charge in [0, 0.05) is 0 Å². The third-order valence-electron chi connectivity index (χ3n) is 5.28. The number of allylic oxidation sites excluding steroid dienone is 1. The average molecular weight is 361 g/mol. The molecule has 0 heterocycles. The van der Waals surface area contributed by atoms with E-state index >= 15 is 0 Å². The zero-order chi connectivity index (χ0) is 19.3. The summed E-state index contributed by atoms with van der Waals surface area (Å²) >= 11 is 0. The molecule has 1 nitrogen and oxygen atoms in total. The molecule has 1 saturated carbocycles. The Morgan fingerprint density at radius 3 is 2.00 bits per heavy atom. The minimum Gasteiger partial charge on any atom is -0.488 e. The highest BCUT2D eigenvalue weighted by molar-refractivity contribution is 5.51. The van der Waals surface area contributed by atoms with Gasteiger partial charge in [0.2, 0.25) is 0 Å². The van der Waals surface area contributed by atoms with Crippen LogP contribution in [0.3, 0.4) is 0 Å². The van der Waals surface area contributed by atoms with Crippen LogP contribution in [-0.4, -0.2) is 5.60 Å². The summed E-state index contributed by atoms with van der Waals surface area (Å²) in [5.41, 5.74) is 3.78. The summed E-state index contributed by atoms with van der Waals surface area (Å²) in [5, 5.41) is 0. The molecular weight excluding hydrogens is 328 g/mol. The molecule has 142 valence electrons. The highest BCUT2D eigenvalue weighted by atomic mass is 16.5. The average Bonchev–Trinajstić information content (AvgIpc) is 2.67. The van der Waals surface area contributed by atoms with E-state index in [2.05, 4.69) is 88.0 Å². The SMILES string of the molecule is C=Cc1ccc(C2CCC(/C=C/c3ccc(OC(C)(C)C)cc3)CC2)cc1. The van der Waals surface area contributed by atoms with Crippen molar-refractivity contribution in [3.05, 3.63) is 77.9 Å². The fourth-order valence-electron chi connectivity index (χ4n) is 3.80. The first-order chi connectivity index (χ1) is 12.9. The number of rotatable bonds is 5. The first-order valence-electron chi connectivity index (χ1n) is 10.1. The second kappa shape index (κ2) is 8.61. The third-order valence-corrected chi connectivity index (χ3v) is 5.28. The predicted molar refractivity (Wildman–Crippen MR) is 117 cm³/mol. The van der Waals surface area contributed by atoms with Crippen LogP contribution in [0.25, 0.3) is 12.2 Å². The maximum atomic E-state index is 5.89. The Morgan fingerprint density at radius 2 is 1.44 bits per heavy atom. The maximum Gasteiger partial charge on any atom is 0.120 e. The molecule has 1 aliphatic carbocycles. The van der Waals surface area contributed by atoms with Crippen molar-refractivity contribution in [1.29, 1.82) is 0 Å². The molecule has 2 aromatic carbocycles. The van der Waals surface area contributed by atoms with Gasteiger partial charge in [-0.05, 0) is 87.1 Å². The minimum atomic E-state index is -0.151. The van der Waals surface area contributed by atoms with Crippen molar-refractivity contribution >= 4 is 12.2 Å². The van der Waals surface area contributed by atoms with Crippen molar-refractivity contribution in [3.63, 3.8) is 0 Å². The van der Waals surface area contributed by atoms with Crippen LogP contribution in [0, 0.1) is 5.92 Å². The van der Waals surface area contributed by atoms with Crippen molar-refractivity contribution in [2.75, 3.05) is 0 Å². The van der Waals surface area contributed by atoms with Crippen LogP contribution in [0.1, 0.15) is 69.1 Å². The van der Waals surface area contributed by atoms with Gasteiger partial charge in [-0.2, -0.15) is 0 Å². The third kappa shape index (κ3) is 5.85. The second-order valence-electron chi connectivity index (χ2n) is 8.63. The van der Waals surface area contributed by atoms with E-state index in [9.17, 15) is 0 Å². The Labute approximate surface area is 164 Å². The molecule has 3 rings (SSSR count). The monoisotopic (exact) mass is 360 g/mol. The van der Waals surface area contributed by atoms with Crippen LogP contribution in [0.4, 0.5) is 0 Å². The summed E-state index contributed by atoms with van der Waals surface area (Å²) in [7, 11) is 0. The molecule has 0 radical (unpaired) electrons. The van der Waals surface area contributed by atoms with Gasteiger partial charge in [0.25, 0.3) is 0 Å². The molecule has 0 aromatic heterocycles. The number of hydrogen-bond acceptors (Lipinski definition) is 1. The molecule has 1 fully saturated rings. The van der Waals surface area contributed by atoms with E-state index in [1.54, 1.807) is 0 Å². The lowest BCUT2D eigenvalue weighted by Crippen LogP contribution is -2.22. The molecule has 0 aliphatic heterocycles. The largest absolute Gasteiger partial charge is 0.488 e. The minimum absolute atomic E-state index is 0.151. The quantitative estimate of drug-likeness (QED) is 0.536. The first-order valence-corrected chi connectivity index (χ1v) is 10.1. The molecule has 1 aliphatic rings. The van der Waals surface area contributed by atoms with Gasteiger partial charge >= 0.3 is 0 Å². The highest BCUT2D eigenvalue weighted by Crippen LogP contribution is 2.36. The van der Waals surface area contributed by atoms with Gasteiger partial charge in [-0.3, -0.25) is 0 Å². The Hall–Kier alpha value is -2.28. The molecule has 27 heavy (non-hydrogen) atoms. The van der Waals surface area contributed by atoms with Gasteiger partial charge in [-0.1, -0.05) is 61.2 Å². The van der Waals surface area contributed by atoms with Gasteiger partial charge in [0.15, 0.2) is 0 Å². The number of ether oxygens (including phenoxy) is 1. The molecule has 0 spiro atoms. The molecule has 0 atom stereocenters. The van der Waals surface area contributed by atoms with Crippen LogP contribution in [0.15, 0.2) is 61.2 Å². The fourth-order valence-corrected chi connectivity index (χ4v) is 3.80. The summed E-state index contributed by atoms with van der Waals surface area (Å²) < 4.78 is 5.89. The van der Waals surface area contributed by atoms with Crippen LogP contribution in [0.5, 0.6) is 5.75 Å². The Bertz CT molecular complexity index is 751. The van der Waals surface area contributed by atoms with Crippen molar-refractivity contribution in [2.24, 2.45) is 5.92 Å².